The number of ether oxygens (including phenoxy) is 1. The quantitative estimate of drug-likeness (QED) is 0.613. The molecule has 0 aliphatic heterocycles. The van der Waals surface area contributed by atoms with Gasteiger partial charge in [0, 0.05) is 5.56 Å². The van der Waals surface area contributed by atoms with Gasteiger partial charge in [0.25, 0.3) is 12.1 Å². The van der Waals surface area contributed by atoms with Crippen molar-refractivity contribution >= 4 is 11.9 Å². The van der Waals surface area contributed by atoms with Gasteiger partial charge in [0.15, 0.2) is 0 Å². The Morgan fingerprint density at radius 3 is 2.71 bits per heavy atom. The van der Waals surface area contributed by atoms with Crippen molar-refractivity contribution in [3.8, 4) is 0 Å². The number of anilines is 1. The van der Waals surface area contributed by atoms with Gasteiger partial charge in [-0.15, -0.1) is 0 Å². The van der Waals surface area contributed by atoms with E-state index < -0.39 is 0 Å². The molecule has 1 aromatic heterocycles. The molecule has 0 saturated carbocycles. The van der Waals surface area contributed by atoms with Crippen molar-refractivity contribution in [2.75, 3.05) is 12.8 Å². The Labute approximate surface area is 97.6 Å². The van der Waals surface area contributed by atoms with Gasteiger partial charge in [-0.3, -0.25) is 4.52 Å². The van der Waals surface area contributed by atoms with Crippen LogP contribution in [0.5, 0.6) is 0 Å². The summed E-state index contributed by atoms with van der Waals surface area (Å²) >= 11 is 0. The highest BCUT2D eigenvalue weighted by Crippen LogP contribution is 2.05. The molecule has 0 aliphatic rings. The zero-order chi connectivity index (χ0) is 12.3. The van der Waals surface area contributed by atoms with Crippen molar-refractivity contribution in [3.63, 3.8) is 0 Å². The van der Waals surface area contributed by atoms with E-state index in [1.165, 1.54) is 7.11 Å². The van der Waals surface area contributed by atoms with Crippen LogP contribution in [0, 0.1) is 0 Å². The van der Waals surface area contributed by atoms with Crippen LogP contribution in [0.2, 0.25) is 0 Å². The number of esters is 1. The maximum absolute atomic E-state index is 11.2. The van der Waals surface area contributed by atoms with Crippen molar-refractivity contribution < 1.29 is 18.7 Å². The average Bonchev–Trinajstić information content (AvgIpc) is 2.75. The lowest BCUT2D eigenvalue weighted by Crippen LogP contribution is -2.35. The van der Waals surface area contributed by atoms with Crippen LogP contribution >= 0.6 is 0 Å². The molecule has 2 rings (SSSR count). The molecular formula is C11H12N3O3+. The Morgan fingerprint density at radius 2 is 2.18 bits per heavy atom. The molecule has 17 heavy (non-hydrogen) atoms. The molecule has 0 aliphatic carbocycles. The molecule has 0 saturated heterocycles. The zero-order valence-electron chi connectivity index (χ0n) is 9.29. The highest BCUT2D eigenvalue weighted by molar-refractivity contribution is 5.89. The average molecular weight is 234 g/mol. The van der Waals surface area contributed by atoms with E-state index in [4.69, 9.17) is 10.3 Å². The number of aromatic nitrogens is 2. The Bertz CT molecular complexity index is 519. The number of nitrogens with zero attached hydrogens (tertiary/aromatic N) is 2. The molecule has 0 amide bonds. The first-order valence-electron chi connectivity index (χ1n) is 4.98. The molecule has 0 fully saturated rings. The van der Waals surface area contributed by atoms with E-state index in [1.807, 2.05) is 12.1 Å². The van der Waals surface area contributed by atoms with E-state index in [2.05, 4.69) is 10.0 Å². The topological polar surface area (TPSA) is 82.2 Å². The van der Waals surface area contributed by atoms with Crippen molar-refractivity contribution in [1.29, 1.82) is 0 Å². The Kier molecular flexibility index (Phi) is 3.04. The van der Waals surface area contributed by atoms with Gasteiger partial charge in [-0.1, -0.05) is 12.1 Å². The Balaban J connectivity index is 2.10. The third-order valence-corrected chi connectivity index (χ3v) is 2.25. The van der Waals surface area contributed by atoms with Gasteiger partial charge in [-0.2, -0.15) is 0 Å². The number of nitrogens with two attached hydrogens (primary N) is 1. The number of benzene rings is 1. The smallest absolute Gasteiger partial charge is 0.337 e. The highest BCUT2D eigenvalue weighted by atomic mass is 16.5. The second kappa shape index (κ2) is 4.65. The molecule has 0 radical (unpaired) electrons. The molecule has 0 spiro atoms. The minimum absolute atomic E-state index is 0.260. The molecule has 6 nitrogen and oxygen atoms in total. The number of hydrogen-bond acceptors (Lipinski definition) is 5. The first-order chi connectivity index (χ1) is 8.19. The highest BCUT2D eigenvalue weighted by Gasteiger charge is 2.10. The maximum Gasteiger partial charge on any atom is 0.337 e. The van der Waals surface area contributed by atoms with Crippen LogP contribution in [0.15, 0.2) is 35.0 Å². The van der Waals surface area contributed by atoms with Gasteiger partial charge in [-0.05, 0) is 16.8 Å². The standard InChI is InChI=1S/C11H12N3O3/c1-16-11(15)9-4-2-8(3-5-9)6-14-7-10(12)17-13-14/h2-5,7H,6,12H2,1H3/q+1. The number of methoxy groups -OCH3 is 1. The molecule has 1 heterocycles. The minimum atomic E-state index is -0.352. The van der Waals surface area contributed by atoms with Crippen LogP contribution in [0.25, 0.3) is 0 Å². The number of nitrogen functional groups attached to an aromatic ring is 1. The summed E-state index contributed by atoms with van der Waals surface area (Å²) in [5, 5.41) is 3.71. The second-order valence-electron chi connectivity index (χ2n) is 3.49. The van der Waals surface area contributed by atoms with Crippen LogP contribution in [-0.4, -0.2) is 18.4 Å². The maximum atomic E-state index is 11.2. The van der Waals surface area contributed by atoms with Gasteiger partial charge in [0.1, 0.15) is 0 Å². The normalized spacial score (nSPS) is 10.2. The van der Waals surface area contributed by atoms with Gasteiger partial charge in [0.2, 0.25) is 11.8 Å². The van der Waals surface area contributed by atoms with Crippen molar-refractivity contribution in [1.82, 2.24) is 5.27 Å². The number of carbonyl (C=O) groups excluding carboxylic acids is 1. The fraction of sp³-hybridized carbons (Fsp3) is 0.182. The van der Waals surface area contributed by atoms with Crippen molar-refractivity contribution in [2.45, 2.75) is 6.54 Å². The molecule has 0 atom stereocenters. The molecule has 6 heteroatoms. The predicted molar refractivity (Wildman–Crippen MR) is 58.0 cm³/mol. The summed E-state index contributed by atoms with van der Waals surface area (Å²) in [5.74, 6) is -0.0916. The molecular weight excluding hydrogens is 222 g/mol. The molecule has 1 aromatic carbocycles. The summed E-state index contributed by atoms with van der Waals surface area (Å²) in [6.07, 6.45) is 1.59. The Morgan fingerprint density at radius 1 is 1.47 bits per heavy atom. The number of rotatable bonds is 3. The fourth-order valence-electron chi connectivity index (χ4n) is 1.42. The molecule has 0 bridgehead atoms. The van der Waals surface area contributed by atoms with Crippen LogP contribution in [-0.2, 0) is 11.3 Å². The van der Waals surface area contributed by atoms with E-state index in [-0.39, 0.29) is 11.9 Å². The third-order valence-electron chi connectivity index (χ3n) is 2.25. The van der Waals surface area contributed by atoms with Crippen molar-refractivity contribution in [2.24, 2.45) is 0 Å². The van der Waals surface area contributed by atoms with E-state index in [1.54, 1.807) is 23.0 Å². The van der Waals surface area contributed by atoms with E-state index in [9.17, 15) is 4.79 Å². The second-order valence-corrected chi connectivity index (χ2v) is 3.49. The fourth-order valence-corrected chi connectivity index (χ4v) is 1.42. The summed E-state index contributed by atoms with van der Waals surface area (Å²) in [5.41, 5.74) is 6.90. The zero-order valence-corrected chi connectivity index (χ0v) is 9.29. The lowest BCUT2D eigenvalue weighted by atomic mass is 10.1. The molecule has 2 aromatic rings. The number of carbonyl (C=O) groups is 1. The monoisotopic (exact) mass is 234 g/mol. The van der Waals surface area contributed by atoms with E-state index in [0.717, 1.165) is 5.56 Å². The predicted octanol–water partition coefficient (Wildman–Crippen LogP) is 0.379. The first kappa shape index (κ1) is 11.1. The summed E-state index contributed by atoms with van der Waals surface area (Å²) in [4.78, 5) is 11.2. The van der Waals surface area contributed by atoms with Crippen LogP contribution in [0.1, 0.15) is 15.9 Å². The van der Waals surface area contributed by atoms with Gasteiger partial charge in [0.05, 0.1) is 12.7 Å². The van der Waals surface area contributed by atoms with Crippen LogP contribution in [0.4, 0.5) is 5.88 Å². The molecule has 2 N–H and O–H groups in total. The first-order valence-corrected chi connectivity index (χ1v) is 4.98. The van der Waals surface area contributed by atoms with Gasteiger partial charge in [-0.25, -0.2) is 4.79 Å². The SMILES string of the molecule is COC(=O)c1ccc(C[n+]2cc(N)on2)cc1. The minimum Gasteiger partial charge on any atom is -0.465 e. The summed E-state index contributed by atoms with van der Waals surface area (Å²) in [6, 6.07) is 7.05. The summed E-state index contributed by atoms with van der Waals surface area (Å²) < 4.78 is 10.9. The van der Waals surface area contributed by atoms with E-state index in [0.29, 0.717) is 12.1 Å². The van der Waals surface area contributed by atoms with Crippen molar-refractivity contribution in [3.05, 3.63) is 41.6 Å². The van der Waals surface area contributed by atoms with Gasteiger partial charge < -0.3 is 10.5 Å². The summed E-state index contributed by atoms with van der Waals surface area (Å²) in [6.45, 7) is 0.530. The van der Waals surface area contributed by atoms with E-state index >= 15 is 0 Å². The number of hydrogen-bond donors (Lipinski definition) is 1. The largest absolute Gasteiger partial charge is 0.465 e. The summed E-state index contributed by atoms with van der Waals surface area (Å²) in [7, 11) is 1.35. The Hall–Kier alpha value is -2.37. The van der Waals surface area contributed by atoms with Crippen LogP contribution < -0.4 is 10.4 Å². The lowest BCUT2D eigenvalue weighted by Gasteiger charge is -1.99. The van der Waals surface area contributed by atoms with Gasteiger partial charge >= 0.3 is 5.97 Å². The van der Waals surface area contributed by atoms with Crippen LogP contribution in [0.3, 0.4) is 0 Å². The third kappa shape index (κ3) is 2.60. The molecule has 0 unspecified atom stereocenters. The lowest BCUT2D eigenvalue weighted by molar-refractivity contribution is -0.754. The molecule has 88 valence electrons.